The number of H-pyrrole nitrogens is 1. The van der Waals surface area contributed by atoms with Gasteiger partial charge in [0.25, 0.3) is 0 Å². The fourth-order valence-electron chi connectivity index (χ4n) is 5.48. The molecule has 2 aliphatic carbocycles. The van der Waals surface area contributed by atoms with E-state index in [4.69, 9.17) is 4.98 Å². The molecule has 3 heterocycles. The van der Waals surface area contributed by atoms with Crippen molar-refractivity contribution in [3.8, 4) is 0 Å². The topological polar surface area (TPSA) is 60.1 Å². The molecule has 0 bridgehead atoms. The predicted octanol–water partition coefficient (Wildman–Crippen LogP) is 2.92. The summed E-state index contributed by atoms with van der Waals surface area (Å²) in [5.41, 5.74) is 7.45. The van der Waals surface area contributed by atoms with Gasteiger partial charge in [0.05, 0.1) is 0 Å². The fraction of sp³-hybridized carbons (Fsp3) is 0.600. The molecule has 2 aromatic rings. The zero-order valence-corrected chi connectivity index (χ0v) is 16.6. The van der Waals surface area contributed by atoms with Crippen LogP contribution in [0.25, 0.3) is 0 Å². The Morgan fingerprint density at radius 1 is 1.11 bits per heavy atom. The molecule has 6 rings (SSSR count). The molecule has 4 aliphatic rings. The molecular weight excluding hydrogens is 356 g/mol. The van der Waals surface area contributed by atoms with Crippen molar-refractivity contribution >= 4 is 23.6 Å². The molecule has 2 aliphatic heterocycles. The summed E-state index contributed by atoms with van der Waals surface area (Å²) in [6.07, 6.45) is 8.62. The van der Waals surface area contributed by atoms with Gasteiger partial charge in [-0.15, -0.1) is 5.10 Å². The van der Waals surface area contributed by atoms with Crippen LogP contribution in [0.5, 0.6) is 0 Å². The number of anilines is 2. The van der Waals surface area contributed by atoms with Crippen molar-refractivity contribution in [2.45, 2.75) is 62.2 Å². The third kappa shape index (κ3) is 2.62. The lowest BCUT2D eigenvalue weighted by molar-refractivity contribution is 0.0810. The highest BCUT2D eigenvalue weighted by atomic mass is 32.2. The highest BCUT2D eigenvalue weighted by Gasteiger charge is 2.45. The number of aromatic amines is 1. The average Bonchev–Trinajstić information content (AvgIpc) is 3.41. The number of hydrogen-bond acceptors (Lipinski definition) is 6. The Hall–Kier alpha value is -1.57. The van der Waals surface area contributed by atoms with Crippen LogP contribution in [0.4, 0.5) is 11.6 Å². The summed E-state index contributed by atoms with van der Waals surface area (Å²) in [7, 11) is 2.22. The van der Waals surface area contributed by atoms with Crippen LogP contribution in [0, 0.1) is 0 Å². The number of nitrogens with zero attached hydrogens (tertiary/aromatic N) is 4. The van der Waals surface area contributed by atoms with Gasteiger partial charge in [-0.3, -0.25) is 0 Å². The van der Waals surface area contributed by atoms with Gasteiger partial charge in [-0.2, -0.15) is 4.98 Å². The first kappa shape index (κ1) is 16.4. The van der Waals surface area contributed by atoms with Crippen LogP contribution < -0.4 is 5.32 Å². The molecule has 1 aromatic carbocycles. The molecular formula is C20H26N6S. The van der Waals surface area contributed by atoms with Gasteiger partial charge in [0.2, 0.25) is 11.1 Å². The van der Waals surface area contributed by atoms with Crippen LogP contribution in [0.3, 0.4) is 0 Å². The van der Waals surface area contributed by atoms with E-state index in [9.17, 15) is 0 Å². The minimum Gasteiger partial charge on any atom is -0.324 e. The van der Waals surface area contributed by atoms with Gasteiger partial charge in [-0.1, -0.05) is 6.07 Å². The van der Waals surface area contributed by atoms with E-state index in [0.717, 1.165) is 30.2 Å². The molecule has 142 valence electrons. The maximum atomic E-state index is 4.75. The van der Waals surface area contributed by atoms with Crippen molar-refractivity contribution in [3.63, 3.8) is 0 Å². The highest BCUT2D eigenvalue weighted by molar-refractivity contribution is 7.96. The predicted molar refractivity (Wildman–Crippen MR) is 108 cm³/mol. The number of likely N-dealkylation sites (tertiary alicyclic amines) is 1. The standard InChI is InChI=1S/C20H26N6S/c1-25-11-17-16(25)8-9-26(17)27-20-22-19(23-24-20)21-18-14-6-2-4-12(14)10-13-5-3-7-15(13)18/h10,16-17H,2-9,11H2,1H3,(H2,21,22,23,24). The van der Waals surface area contributed by atoms with Gasteiger partial charge in [-0.25, -0.2) is 9.40 Å². The number of hydrogen-bond donors (Lipinski definition) is 2. The van der Waals surface area contributed by atoms with Crippen LogP contribution in [-0.4, -0.2) is 56.6 Å². The van der Waals surface area contributed by atoms with E-state index in [1.807, 2.05) is 0 Å². The monoisotopic (exact) mass is 382 g/mol. The Labute approximate surface area is 164 Å². The second-order valence-electron chi connectivity index (χ2n) is 8.42. The number of aromatic nitrogens is 3. The highest BCUT2D eigenvalue weighted by Crippen LogP contribution is 2.40. The normalized spacial score (nSPS) is 26.7. The van der Waals surface area contributed by atoms with Gasteiger partial charge in [0, 0.05) is 42.8 Å². The molecule has 0 spiro atoms. The third-order valence-corrected chi connectivity index (χ3v) is 7.91. The number of benzene rings is 1. The molecule has 1 aromatic heterocycles. The molecule has 27 heavy (non-hydrogen) atoms. The van der Waals surface area contributed by atoms with E-state index in [-0.39, 0.29) is 0 Å². The first-order valence-electron chi connectivity index (χ1n) is 10.3. The van der Waals surface area contributed by atoms with E-state index in [1.165, 1.54) is 61.8 Å². The van der Waals surface area contributed by atoms with Crippen molar-refractivity contribution in [2.24, 2.45) is 0 Å². The Morgan fingerprint density at radius 2 is 1.89 bits per heavy atom. The number of nitrogens with one attached hydrogen (secondary N) is 2. The van der Waals surface area contributed by atoms with Crippen molar-refractivity contribution < 1.29 is 0 Å². The zero-order chi connectivity index (χ0) is 18.0. The van der Waals surface area contributed by atoms with Crippen molar-refractivity contribution in [3.05, 3.63) is 28.3 Å². The molecule has 6 nitrogen and oxygen atoms in total. The second-order valence-corrected chi connectivity index (χ2v) is 9.44. The van der Waals surface area contributed by atoms with Crippen LogP contribution in [0.15, 0.2) is 11.2 Å². The Morgan fingerprint density at radius 3 is 2.59 bits per heavy atom. The number of fused-ring (bicyclic) bond motifs is 3. The Kier molecular flexibility index (Phi) is 3.78. The lowest BCUT2D eigenvalue weighted by atomic mass is 9.99. The summed E-state index contributed by atoms with van der Waals surface area (Å²) < 4.78 is 2.47. The Bertz CT molecular complexity index is 861. The molecule has 2 N–H and O–H groups in total. The lowest BCUT2D eigenvalue weighted by Gasteiger charge is -2.43. The average molecular weight is 383 g/mol. The first-order chi connectivity index (χ1) is 13.3. The summed E-state index contributed by atoms with van der Waals surface area (Å²) in [6, 6.07) is 3.86. The summed E-state index contributed by atoms with van der Waals surface area (Å²) in [6.45, 7) is 2.29. The van der Waals surface area contributed by atoms with E-state index in [1.54, 1.807) is 23.1 Å². The van der Waals surface area contributed by atoms with Crippen molar-refractivity contribution in [1.29, 1.82) is 0 Å². The van der Waals surface area contributed by atoms with Crippen LogP contribution in [0.1, 0.15) is 41.5 Å². The SMILES string of the molecule is CN1CC2C1CCN2Sc1n[nH]c(Nc2c3c(cc4c2CCC4)CCC3)n1. The quantitative estimate of drug-likeness (QED) is 0.793. The number of rotatable bonds is 4. The summed E-state index contributed by atoms with van der Waals surface area (Å²) in [4.78, 5) is 7.20. The van der Waals surface area contributed by atoms with Gasteiger partial charge >= 0.3 is 0 Å². The van der Waals surface area contributed by atoms with Crippen LogP contribution >= 0.6 is 11.9 Å². The molecule has 7 heteroatoms. The first-order valence-corrected chi connectivity index (χ1v) is 11.0. The van der Waals surface area contributed by atoms with Crippen LogP contribution in [-0.2, 0) is 25.7 Å². The largest absolute Gasteiger partial charge is 0.324 e. The van der Waals surface area contributed by atoms with Crippen molar-refractivity contribution in [1.82, 2.24) is 24.4 Å². The third-order valence-electron chi connectivity index (χ3n) is 6.88. The summed E-state index contributed by atoms with van der Waals surface area (Å²) >= 11 is 1.71. The summed E-state index contributed by atoms with van der Waals surface area (Å²) in [5, 5.41) is 12.1. The minimum absolute atomic E-state index is 0.663. The molecule has 0 amide bonds. The molecule has 2 atom stereocenters. The van der Waals surface area contributed by atoms with E-state index < -0.39 is 0 Å². The summed E-state index contributed by atoms with van der Waals surface area (Å²) in [5.74, 6) is 0.786. The molecule has 0 radical (unpaired) electrons. The van der Waals surface area contributed by atoms with Crippen LogP contribution in [0.2, 0.25) is 0 Å². The zero-order valence-electron chi connectivity index (χ0n) is 15.8. The van der Waals surface area contributed by atoms with Gasteiger partial charge in [-0.05, 0) is 74.2 Å². The molecule has 2 fully saturated rings. The molecule has 2 unspecified atom stereocenters. The smallest absolute Gasteiger partial charge is 0.225 e. The second kappa shape index (κ2) is 6.22. The van der Waals surface area contributed by atoms with E-state index in [0.29, 0.717) is 6.04 Å². The minimum atomic E-state index is 0.663. The lowest BCUT2D eigenvalue weighted by Crippen LogP contribution is -2.58. The fourth-order valence-corrected chi connectivity index (χ4v) is 6.44. The molecule has 2 saturated heterocycles. The van der Waals surface area contributed by atoms with Gasteiger partial charge < -0.3 is 10.2 Å². The van der Waals surface area contributed by atoms with E-state index in [2.05, 4.69) is 37.8 Å². The maximum absolute atomic E-state index is 4.75. The maximum Gasteiger partial charge on any atom is 0.225 e. The van der Waals surface area contributed by atoms with E-state index >= 15 is 0 Å². The number of likely N-dealkylation sites (N-methyl/N-ethyl adjacent to an activating group) is 1. The van der Waals surface area contributed by atoms with Gasteiger partial charge in [0.15, 0.2) is 0 Å². The number of aryl methyl sites for hydroxylation is 2. The Balaban J connectivity index is 1.22. The molecule has 0 saturated carbocycles. The van der Waals surface area contributed by atoms with Gasteiger partial charge in [0.1, 0.15) is 0 Å². The van der Waals surface area contributed by atoms with Crippen molar-refractivity contribution in [2.75, 3.05) is 25.5 Å².